The van der Waals surface area contributed by atoms with Crippen molar-refractivity contribution in [2.24, 2.45) is 5.73 Å². The van der Waals surface area contributed by atoms with E-state index in [4.69, 9.17) is 18.0 Å². The molecule has 0 aliphatic heterocycles. The highest BCUT2D eigenvalue weighted by molar-refractivity contribution is 7.87. The van der Waals surface area contributed by atoms with E-state index in [2.05, 4.69) is 4.72 Å². The average molecular weight is 267 g/mol. The Hall–Kier alpha value is -0.240. The Morgan fingerprint density at radius 3 is 2.19 bits per heavy atom. The molecule has 0 amide bonds. The van der Waals surface area contributed by atoms with Gasteiger partial charge in [0.15, 0.2) is 0 Å². The molecule has 0 aromatic heterocycles. The molecule has 0 unspecified atom stereocenters. The summed E-state index contributed by atoms with van der Waals surface area (Å²) < 4.78 is 27.8. The first-order valence-corrected chi connectivity index (χ1v) is 7.09. The van der Waals surface area contributed by atoms with Gasteiger partial charge in [0.05, 0.1) is 4.99 Å². The fraction of sp³-hybridized carbons (Fsp3) is 0.889. The monoisotopic (exact) mass is 267 g/mol. The van der Waals surface area contributed by atoms with Gasteiger partial charge in [0.2, 0.25) is 0 Å². The van der Waals surface area contributed by atoms with Crippen molar-refractivity contribution in [2.45, 2.75) is 46.2 Å². The first-order valence-electron chi connectivity index (χ1n) is 5.24. The van der Waals surface area contributed by atoms with Gasteiger partial charge >= 0.3 is 0 Å². The molecule has 3 N–H and O–H groups in total. The lowest BCUT2D eigenvalue weighted by Crippen LogP contribution is -2.47. The Morgan fingerprint density at radius 2 is 1.88 bits per heavy atom. The fourth-order valence-electron chi connectivity index (χ4n) is 1.24. The Balaban J connectivity index is 4.70. The van der Waals surface area contributed by atoms with Gasteiger partial charge in [-0.05, 0) is 27.7 Å². The van der Waals surface area contributed by atoms with Crippen molar-refractivity contribution in [3.05, 3.63) is 0 Å². The van der Waals surface area contributed by atoms with Gasteiger partial charge in [-0.15, -0.1) is 0 Å². The van der Waals surface area contributed by atoms with Crippen LogP contribution in [0.3, 0.4) is 0 Å². The summed E-state index contributed by atoms with van der Waals surface area (Å²) >= 11 is 4.75. The number of rotatable bonds is 7. The summed E-state index contributed by atoms with van der Waals surface area (Å²) in [7, 11) is -3.45. The Labute approximate surface area is 104 Å². The third-order valence-electron chi connectivity index (χ3n) is 1.85. The minimum Gasteiger partial charge on any atom is -0.393 e. The maximum absolute atomic E-state index is 11.9. The zero-order valence-electron chi connectivity index (χ0n) is 10.2. The van der Waals surface area contributed by atoms with Gasteiger partial charge in [-0.1, -0.05) is 12.2 Å². The standard InChI is InChI=1S/C9H21N3O2S2/c1-7(2)11-16(13,14)12(8(3)4)6-5-9(10)15/h7-8,11H,5-6H2,1-4H3,(H2,10,15). The normalized spacial score (nSPS) is 12.7. The summed E-state index contributed by atoms with van der Waals surface area (Å²) in [5.41, 5.74) is 5.37. The van der Waals surface area contributed by atoms with Crippen LogP contribution in [-0.4, -0.2) is 36.3 Å². The zero-order valence-corrected chi connectivity index (χ0v) is 11.9. The lowest BCUT2D eigenvalue weighted by molar-refractivity contribution is 0.353. The summed E-state index contributed by atoms with van der Waals surface area (Å²) in [5.74, 6) is 0. The van der Waals surface area contributed by atoms with E-state index in [-0.39, 0.29) is 12.1 Å². The predicted molar refractivity (Wildman–Crippen MR) is 70.4 cm³/mol. The molecule has 0 saturated carbocycles. The van der Waals surface area contributed by atoms with E-state index < -0.39 is 10.2 Å². The molecule has 0 bridgehead atoms. The minimum atomic E-state index is -3.45. The summed E-state index contributed by atoms with van der Waals surface area (Å²) in [4.78, 5) is 0.324. The van der Waals surface area contributed by atoms with E-state index in [0.29, 0.717) is 18.0 Å². The van der Waals surface area contributed by atoms with Crippen LogP contribution in [0.2, 0.25) is 0 Å². The average Bonchev–Trinajstić information content (AvgIpc) is 1.98. The number of nitrogens with two attached hydrogens (primary N) is 1. The molecule has 0 radical (unpaired) electrons. The minimum absolute atomic E-state index is 0.120. The largest absolute Gasteiger partial charge is 0.393 e. The van der Waals surface area contributed by atoms with Crippen LogP contribution in [0.1, 0.15) is 34.1 Å². The lowest BCUT2D eigenvalue weighted by Gasteiger charge is -2.26. The molecule has 0 aliphatic rings. The predicted octanol–water partition coefficient (Wildman–Crippen LogP) is 0.616. The lowest BCUT2D eigenvalue weighted by atomic mass is 10.3. The molecule has 0 heterocycles. The van der Waals surface area contributed by atoms with Crippen LogP contribution in [-0.2, 0) is 10.2 Å². The van der Waals surface area contributed by atoms with Crippen LogP contribution < -0.4 is 10.5 Å². The summed E-state index contributed by atoms with van der Waals surface area (Å²) in [6, 6.07) is -0.248. The number of hydrogen-bond acceptors (Lipinski definition) is 3. The first kappa shape index (κ1) is 15.8. The first-order chi connectivity index (χ1) is 7.16. The molecule has 0 aliphatic carbocycles. The van der Waals surface area contributed by atoms with Gasteiger partial charge in [0.1, 0.15) is 0 Å². The van der Waals surface area contributed by atoms with Crippen molar-refractivity contribution >= 4 is 27.4 Å². The summed E-state index contributed by atoms with van der Waals surface area (Å²) in [6.07, 6.45) is 0.395. The van der Waals surface area contributed by atoms with Gasteiger partial charge in [-0.25, -0.2) is 0 Å². The number of nitrogens with one attached hydrogen (secondary N) is 1. The maximum atomic E-state index is 11.9. The van der Waals surface area contributed by atoms with Crippen LogP contribution >= 0.6 is 12.2 Å². The SMILES string of the molecule is CC(C)NS(=O)(=O)N(CCC(N)=S)C(C)C. The zero-order chi connectivity index (χ0) is 12.9. The number of thiocarbonyl (C=S) groups is 1. The molecular formula is C9H21N3O2S2. The Bertz CT molecular complexity index is 326. The highest BCUT2D eigenvalue weighted by Crippen LogP contribution is 2.07. The topological polar surface area (TPSA) is 75.4 Å². The van der Waals surface area contributed by atoms with E-state index in [9.17, 15) is 8.42 Å². The Kier molecular flexibility index (Phi) is 6.39. The van der Waals surface area contributed by atoms with Crippen molar-refractivity contribution in [3.63, 3.8) is 0 Å². The van der Waals surface area contributed by atoms with E-state index in [1.165, 1.54) is 4.31 Å². The van der Waals surface area contributed by atoms with E-state index in [1.54, 1.807) is 13.8 Å². The van der Waals surface area contributed by atoms with Crippen molar-refractivity contribution < 1.29 is 8.42 Å². The molecule has 16 heavy (non-hydrogen) atoms. The van der Waals surface area contributed by atoms with Gasteiger partial charge in [0, 0.05) is 25.0 Å². The van der Waals surface area contributed by atoms with Crippen molar-refractivity contribution in [3.8, 4) is 0 Å². The molecular weight excluding hydrogens is 246 g/mol. The van der Waals surface area contributed by atoms with Crippen LogP contribution in [0.25, 0.3) is 0 Å². The molecule has 0 aromatic carbocycles. The van der Waals surface area contributed by atoms with Gasteiger partial charge in [0.25, 0.3) is 10.2 Å². The highest BCUT2D eigenvalue weighted by Gasteiger charge is 2.24. The van der Waals surface area contributed by atoms with Gasteiger partial charge in [-0.3, -0.25) is 0 Å². The molecule has 5 nitrogen and oxygen atoms in total. The smallest absolute Gasteiger partial charge is 0.279 e. The molecule has 0 atom stereocenters. The number of hydrogen-bond donors (Lipinski definition) is 2. The third-order valence-corrected chi connectivity index (χ3v) is 4.04. The molecule has 0 fully saturated rings. The van der Waals surface area contributed by atoms with Crippen molar-refractivity contribution in [1.29, 1.82) is 0 Å². The van der Waals surface area contributed by atoms with E-state index >= 15 is 0 Å². The third kappa shape index (κ3) is 5.74. The van der Waals surface area contributed by atoms with E-state index in [1.807, 2.05) is 13.8 Å². The molecule has 7 heteroatoms. The molecule has 96 valence electrons. The summed E-state index contributed by atoms with van der Waals surface area (Å²) in [6.45, 7) is 7.51. The van der Waals surface area contributed by atoms with Crippen LogP contribution in [0.5, 0.6) is 0 Å². The van der Waals surface area contributed by atoms with Gasteiger partial charge in [-0.2, -0.15) is 17.4 Å². The molecule has 0 spiro atoms. The van der Waals surface area contributed by atoms with Crippen LogP contribution in [0, 0.1) is 0 Å². The second-order valence-corrected chi connectivity index (χ2v) is 6.38. The molecule has 0 aromatic rings. The number of nitrogens with zero attached hydrogens (tertiary/aromatic N) is 1. The fourth-order valence-corrected chi connectivity index (χ4v) is 2.95. The van der Waals surface area contributed by atoms with Crippen molar-refractivity contribution in [1.82, 2.24) is 9.03 Å². The second kappa shape index (κ2) is 6.48. The summed E-state index contributed by atoms with van der Waals surface area (Å²) in [5, 5.41) is 0. The molecule has 0 rings (SSSR count). The van der Waals surface area contributed by atoms with Crippen molar-refractivity contribution in [2.75, 3.05) is 6.54 Å². The van der Waals surface area contributed by atoms with E-state index in [0.717, 1.165) is 0 Å². The van der Waals surface area contributed by atoms with Crippen LogP contribution in [0.4, 0.5) is 0 Å². The second-order valence-electron chi connectivity index (χ2n) is 4.20. The quantitative estimate of drug-likeness (QED) is 0.663. The van der Waals surface area contributed by atoms with Crippen LogP contribution in [0.15, 0.2) is 0 Å². The Morgan fingerprint density at radius 1 is 1.38 bits per heavy atom. The maximum Gasteiger partial charge on any atom is 0.279 e. The highest BCUT2D eigenvalue weighted by atomic mass is 32.2. The molecule has 0 saturated heterocycles. The van der Waals surface area contributed by atoms with Gasteiger partial charge < -0.3 is 5.73 Å².